The lowest BCUT2D eigenvalue weighted by Crippen LogP contribution is -2.32. The summed E-state index contributed by atoms with van der Waals surface area (Å²) < 4.78 is 5.30. The fraction of sp³-hybridized carbons (Fsp3) is 0.167. The van der Waals surface area contributed by atoms with E-state index in [1.165, 1.54) is 6.07 Å². The topological polar surface area (TPSA) is 100 Å². The number of hydrazone groups is 1. The summed E-state index contributed by atoms with van der Waals surface area (Å²) >= 11 is 0. The van der Waals surface area contributed by atoms with Crippen molar-refractivity contribution < 1.29 is 19.4 Å². The second-order valence-electron chi connectivity index (χ2n) is 5.07. The molecule has 0 aliphatic rings. The minimum absolute atomic E-state index is 0.0387. The van der Waals surface area contributed by atoms with Crippen molar-refractivity contribution >= 4 is 23.2 Å². The smallest absolute Gasteiger partial charge is 0.329 e. The van der Waals surface area contributed by atoms with Crippen LogP contribution in [0.5, 0.6) is 11.5 Å². The first kappa shape index (κ1) is 18.0. The van der Waals surface area contributed by atoms with Crippen LogP contribution in [-0.4, -0.2) is 29.2 Å². The van der Waals surface area contributed by atoms with Gasteiger partial charge in [0.1, 0.15) is 11.5 Å². The number of nitrogens with zero attached hydrogens (tertiary/aromatic N) is 1. The van der Waals surface area contributed by atoms with Crippen LogP contribution >= 0.6 is 0 Å². The molecule has 0 aromatic heterocycles. The first-order valence-corrected chi connectivity index (χ1v) is 7.68. The molecule has 2 rings (SSSR count). The largest absolute Gasteiger partial charge is 0.507 e. The Morgan fingerprint density at radius 2 is 1.76 bits per heavy atom. The van der Waals surface area contributed by atoms with Crippen LogP contribution in [0.1, 0.15) is 19.4 Å². The van der Waals surface area contributed by atoms with E-state index in [0.717, 1.165) is 0 Å². The molecule has 0 radical (unpaired) electrons. The molecule has 2 aromatic carbocycles. The van der Waals surface area contributed by atoms with Crippen LogP contribution in [0.15, 0.2) is 53.6 Å². The lowest BCUT2D eigenvalue weighted by molar-refractivity contribution is -0.136. The number of ether oxygens (including phenoxy) is 1. The fourth-order valence-electron chi connectivity index (χ4n) is 2.01. The third-order valence-corrected chi connectivity index (χ3v) is 3.25. The van der Waals surface area contributed by atoms with Crippen molar-refractivity contribution in [3.8, 4) is 11.5 Å². The van der Waals surface area contributed by atoms with Crippen LogP contribution in [-0.2, 0) is 9.59 Å². The number of nitrogens with one attached hydrogen (secondary N) is 2. The Balaban J connectivity index is 1.95. The SMILES string of the molecule is CCOc1ccc(NC(=O)C(=O)N/N=C(\C)c2ccccc2O)cc1. The zero-order valence-electron chi connectivity index (χ0n) is 13.9. The normalized spacial score (nSPS) is 10.9. The first-order valence-electron chi connectivity index (χ1n) is 7.68. The van der Waals surface area contributed by atoms with Crippen molar-refractivity contribution in [2.24, 2.45) is 5.10 Å². The van der Waals surface area contributed by atoms with Gasteiger partial charge in [-0.05, 0) is 50.2 Å². The molecule has 0 bridgehead atoms. The molecule has 0 atom stereocenters. The molecule has 0 heterocycles. The number of phenols is 1. The molecular formula is C18H19N3O4. The number of amides is 2. The van der Waals surface area contributed by atoms with Crippen molar-refractivity contribution in [1.29, 1.82) is 0 Å². The van der Waals surface area contributed by atoms with Gasteiger partial charge in [0.05, 0.1) is 12.3 Å². The van der Waals surface area contributed by atoms with Gasteiger partial charge in [-0.25, -0.2) is 5.43 Å². The first-order chi connectivity index (χ1) is 12.0. The van der Waals surface area contributed by atoms with Crippen LogP contribution in [0.3, 0.4) is 0 Å². The zero-order chi connectivity index (χ0) is 18.2. The van der Waals surface area contributed by atoms with E-state index in [-0.39, 0.29) is 5.75 Å². The van der Waals surface area contributed by atoms with Crippen LogP contribution in [0.4, 0.5) is 5.69 Å². The van der Waals surface area contributed by atoms with Crippen LogP contribution < -0.4 is 15.5 Å². The second kappa shape index (κ2) is 8.49. The Bertz CT molecular complexity index is 785. The minimum Gasteiger partial charge on any atom is -0.507 e. The van der Waals surface area contributed by atoms with Gasteiger partial charge < -0.3 is 15.2 Å². The fourth-order valence-corrected chi connectivity index (χ4v) is 2.01. The number of hydrogen-bond donors (Lipinski definition) is 3. The second-order valence-corrected chi connectivity index (χ2v) is 5.07. The van der Waals surface area contributed by atoms with E-state index in [1.54, 1.807) is 49.4 Å². The van der Waals surface area contributed by atoms with E-state index in [4.69, 9.17) is 4.74 Å². The number of hydrogen-bond acceptors (Lipinski definition) is 5. The highest BCUT2D eigenvalue weighted by Gasteiger charge is 2.13. The quantitative estimate of drug-likeness (QED) is 0.441. The van der Waals surface area contributed by atoms with Crippen LogP contribution in [0.2, 0.25) is 0 Å². The Morgan fingerprint density at radius 1 is 1.08 bits per heavy atom. The molecule has 0 unspecified atom stereocenters. The number of aromatic hydroxyl groups is 1. The van der Waals surface area contributed by atoms with Gasteiger partial charge in [0, 0.05) is 11.3 Å². The average Bonchev–Trinajstić information content (AvgIpc) is 2.61. The van der Waals surface area contributed by atoms with Gasteiger partial charge in [-0.3, -0.25) is 9.59 Å². The Morgan fingerprint density at radius 3 is 2.40 bits per heavy atom. The van der Waals surface area contributed by atoms with E-state index in [1.807, 2.05) is 6.92 Å². The lowest BCUT2D eigenvalue weighted by atomic mass is 10.1. The van der Waals surface area contributed by atoms with Crippen molar-refractivity contribution in [3.05, 3.63) is 54.1 Å². The Kier molecular flexibility index (Phi) is 6.11. The molecule has 0 fully saturated rings. The minimum atomic E-state index is -0.913. The maximum Gasteiger partial charge on any atom is 0.329 e. The summed E-state index contributed by atoms with van der Waals surface area (Å²) in [5, 5.41) is 16.0. The highest BCUT2D eigenvalue weighted by atomic mass is 16.5. The molecule has 0 spiro atoms. The number of phenolic OH excluding ortho intramolecular Hbond substituents is 1. The van der Waals surface area contributed by atoms with Gasteiger partial charge in [0.2, 0.25) is 0 Å². The summed E-state index contributed by atoms with van der Waals surface area (Å²) in [5.41, 5.74) is 3.47. The molecule has 0 aliphatic carbocycles. The third-order valence-electron chi connectivity index (χ3n) is 3.25. The number of para-hydroxylation sites is 1. The van der Waals surface area contributed by atoms with Crippen molar-refractivity contribution in [2.75, 3.05) is 11.9 Å². The van der Waals surface area contributed by atoms with E-state index < -0.39 is 11.8 Å². The summed E-state index contributed by atoms with van der Waals surface area (Å²) in [5.74, 6) is -1.05. The van der Waals surface area contributed by atoms with Gasteiger partial charge >= 0.3 is 11.8 Å². The monoisotopic (exact) mass is 341 g/mol. The summed E-state index contributed by atoms with van der Waals surface area (Å²) in [6.45, 7) is 4.03. The number of carbonyl (C=O) groups excluding carboxylic acids is 2. The predicted octanol–water partition coefficient (Wildman–Crippen LogP) is 2.27. The molecule has 7 nitrogen and oxygen atoms in total. The van der Waals surface area contributed by atoms with Crippen LogP contribution in [0, 0.1) is 0 Å². The summed E-state index contributed by atoms with van der Waals surface area (Å²) in [6.07, 6.45) is 0. The van der Waals surface area contributed by atoms with Gasteiger partial charge in [0.25, 0.3) is 0 Å². The van der Waals surface area contributed by atoms with Gasteiger partial charge in [0.15, 0.2) is 0 Å². The molecule has 2 amide bonds. The molecule has 3 N–H and O–H groups in total. The molecule has 130 valence electrons. The molecule has 25 heavy (non-hydrogen) atoms. The summed E-state index contributed by atoms with van der Waals surface area (Å²) in [6, 6.07) is 13.2. The van der Waals surface area contributed by atoms with Crippen LogP contribution in [0.25, 0.3) is 0 Å². The Labute approximate surface area is 145 Å². The summed E-state index contributed by atoms with van der Waals surface area (Å²) in [7, 11) is 0. The number of rotatable bonds is 5. The summed E-state index contributed by atoms with van der Waals surface area (Å²) in [4.78, 5) is 23.7. The predicted molar refractivity (Wildman–Crippen MR) is 94.7 cm³/mol. The van der Waals surface area contributed by atoms with E-state index in [9.17, 15) is 14.7 Å². The highest BCUT2D eigenvalue weighted by Crippen LogP contribution is 2.16. The van der Waals surface area contributed by atoms with Gasteiger partial charge in [-0.1, -0.05) is 12.1 Å². The van der Waals surface area contributed by atoms with Crippen molar-refractivity contribution in [1.82, 2.24) is 5.43 Å². The Hall–Kier alpha value is -3.35. The van der Waals surface area contributed by atoms with Gasteiger partial charge in [-0.15, -0.1) is 0 Å². The molecule has 0 saturated carbocycles. The van der Waals surface area contributed by atoms with Gasteiger partial charge in [-0.2, -0.15) is 5.10 Å². The molecular weight excluding hydrogens is 322 g/mol. The average molecular weight is 341 g/mol. The third kappa shape index (κ3) is 5.07. The number of anilines is 1. The van der Waals surface area contributed by atoms with Crippen molar-refractivity contribution in [3.63, 3.8) is 0 Å². The van der Waals surface area contributed by atoms with E-state index in [2.05, 4.69) is 15.8 Å². The zero-order valence-corrected chi connectivity index (χ0v) is 13.9. The molecule has 7 heteroatoms. The maximum atomic E-state index is 11.9. The van der Waals surface area contributed by atoms with Crippen molar-refractivity contribution in [2.45, 2.75) is 13.8 Å². The molecule has 2 aromatic rings. The standard InChI is InChI=1S/C18H19N3O4/c1-3-25-14-10-8-13(9-11-14)19-17(23)18(24)21-20-12(2)15-6-4-5-7-16(15)22/h4-11,22H,3H2,1-2H3,(H,19,23)(H,21,24)/b20-12+. The lowest BCUT2D eigenvalue weighted by Gasteiger charge is -2.07. The number of benzene rings is 2. The number of carbonyl (C=O) groups is 2. The molecule has 0 saturated heterocycles. The maximum absolute atomic E-state index is 11.9. The van der Waals surface area contributed by atoms with E-state index >= 15 is 0 Å². The molecule has 0 aliphatic heterocycles. The highest BCUT2D eigenvalue weighted by molar-refractivity contribution is 6.39. The van der Waals surface area contributed by atoms with E-state index in [0.29, 0.717) is 29.3 Å².